The van der Waals surface area contributed by atoms with Gasteiger partial charge in [-0.25, -0.2) is 4.79 Å². The quantitative estimate of drug-likeness (QED) is 0.598. The largest absolute Gasteiger partial charge is 0.444 e. The normalized spacial score (nSPS) is 20.4. The van der Waals surface area contributed by atoms with Crippen LogP contribution in [-0.2, 0) is 24.8 Å². The van der Waals surface area contributed by atoms with E-state index in [0.29, 0.717) is 36.3 Å². The first-order valence-electron chi connectivity index (χ1n) is 12.2. The number of rotatable bonds is 3. The van der Waals surface area contributed by atoms with Gasteiger partial charge in [0, 0.05) is 37.6 Å². The lowest BCUT2D eigenvalue weighted by Gasteiger charge is -2.34. The third-order valence-corrected chi connectivity index (χ3v) is 7.20. The molecule has 1 aliphatic carbocycles. The number of hydrogen-bond donors (Lipinski definition) is 0. The lowest BCUT2D eigenvalue weighted by molar-refractivity contribution is 0.0222. The molecular weight excluding hydrogens is 452 g/mol. The molecule has 1 unspecified atom stereocenters. The van der Waals surface area contributed by atoms with Gasteiger partial charge in [0.15, 0.2) is 0 Å². The van der Waals surface area contributed by atoms with Gasteiger partial charge < -0.3 is 14.5 Å². The Balaban J connectivity index is 1.42. The van der Waals surface area contributed by atoms with Crippen LogP contribution in [0, 0.1) is 0 Å². The van der Waals surface area contributed by atoms with Crippen LogP contribution in [0.3, 0.4) is 0 Å². The van der Waals surface area contributed by atoms with E-state index in [2.05, 4.69) is 5.10 Å². The molecule has 1 atom stereocenters. The highest BCUT2D eigenvalue weighted by Crippen LogP contribution is 2.41. The first kappa shape index (κ1) is 23.2. The van der Waals surface area contributed by atoms with Crippen LogP contribution in [0.25, 0.3) is 0 Å². The van der Waals surface area contributed by atoms with E-state index in [-0.39, 0.29) is 18.0 Å². The molecule has 1 aromatic heterocycles. The molecule has 2 aromatic rings. The van der Waals surface area contributed by atoms with Crippen LogP contribution in [0.15, 0.2) is 18.2 Å². The molecule has 182 valence electrons. The van der Waals surface area contributed by atoms with Crippen molar-refractivity contribution in [3.8, 4) is 0 Å². The summed E-state index contributed by atoms with van der Waals surface area (Å²) in [6, 6.07) is 5.83. The Kier molecular flexibility index (Phi) is 5.87. The zero-order chi connectivity index (χ0) is 24.2. The second kappa shape index (κ2) is 8.59. The van der Waals surface area contributed by atoms with E-state index in [1.807, 2.05) is 55.8 Å². The number of aromatic nitrogens is 2. The molecule has 0 spiro atoms. The molecule has 34 heavy (non-hydrogen) atoms. The third kappa shape index (κ3) is 4.54. The minimum absolute atomic E-state index is 0.00358. The summed E-state index contributed by atoms with van der Waals surface area (Å²) in [7, 11) is 1.85. The Bertz CT molecular complexity index is 1130. The number of benzene rings is 1. The molecule has 8 heteroatoms. The first-order valence-corrected chi connectivity index (χ1v) is 12.6. The maximum Gasteiger partial charge on any atom is 0.410 e. The van der Waals surface area contributed by atoms with Gasteiger partial charge in [-0.15, -0.1) is 0 Å². The van der Waals surface area contributed by atoms with Crippen molar-refractivity contribution in [2.75, 3.05) is 13.1 Å². The van der Waals surface area contributed by atoms with Crippen molar-refractivity contribution in [2.24, 2.45) is 7.05 Å². The summed E-state index contributed by atoms with van der Waals surface area (Å²) in [4.78, 5) is 30.1. The summed E-state index contributed by atoms with van der Waals surface area (Å²) in [6.07, 6.45) is 4.51. The zero-order valence-electron chi connectivity index (χ0n) is 20.4. The first-order chi connectivity index (χ1) is 16.1. The number of amides is 2. The fraction of sp³-hybridized carbons (Fsp3) is 0.577. The number of ether oxygens (including phenoxy) is 1. The van der Waals surface area contributed by atoms with Crippen molar-refractivity contribution in [2.45, 2.75) is 77.0 Å². The Hall–Kier alpha value is -2.54. The van der Waals surface area contributed by atoms with Crippen LogP contribution < -0.4 is 0 Å². The SMILES string of the molecule is Cn1nc(C2CC2)cc1C(=O)N1CCc2cc(Cl)cc(C3CCCN3C(=O)OC(C)(C)C)c2C1. The number of hydrogen-bond acceptors (Lipinski definition) is 4. The fourth-order valence-corrected chi connectivity index (χ4v) is 5.44. The van der Waals surface area contributed by atoms with E-state index in [0.717, 1.165) is 54.5 Å². The maximum absolute atomic E-state index is 13.5. The Morgan fingerprint density at radius 1 is 1.12 bits per heavy atom. The molecule has 1 saturated carbocycles. The molecule has 2 fully saturated rings. The molecular formula is C26H33ClN4O3. The van der Waals surface area contributed by atoms with E-state index in [4.69, 9.17) is 16.3 Å². The number of carbonyl (C=O) groups is 2. The van der Waals surface area contributed by atoms with E-state index in [9.17, 15) is 9.59 Å². The minimum Gasteiger partial charge on any atom is -0.444 e. The van der Waals surface area contributed by atoms with Crippen molar-refractivity contribution in [1.29, 1.82) is 0 Å². The number of halogens is 1. The summed E-state index contributed by atoms with van der Waals surface area (Å²) >= 11 is 6.52. The summed E-state index contributed by atoms with van der Waals surface area (Å²) < 4.78 is 7.40. The lowest BCUT2D eigenvalue weighted by atomic mass is 9.90. The van der Waals surface area contributed by atoms with Crippen LogP contribution in [-0.4, -0.2) is 50.3 Å². The van der Waals surface area contributed by atoms with Crippen LogP contribution in [0.1, 0.15) is 91.3 Å². The fourth-order valence-electron chi connectivity index (χ4n) is 5.19. The molecule has 7 nitrogen and oxygen atoms in total. The van der Waals surface area contributed by atoms with Crippen LogP contribution in [0.4, 0.5) is 4.79 Å². The molecule has 1 saturated heterocycles. The van der Waals surface area contributed by atoms with Gasteiger partial charge in [0.25, 0.3) is 5.91 Å². The summed E-state index contributed by atoms with van der Waals surface area (Å²) in [6.45, 7) is 7.44. The molecule has 0 N–H and O–H groups in total. The van der Waals surface area contributed by atoms with Crippen LogP contribution in [0.2, 0.25) is 5.02 Å². The molecule has 1 aromatic carbocycles. The van der Waals surface area contributed by atoms with Gasteiger partial charge in [-0.3, -0.25) is 9.48 Å². The van der Waals surface area contributed by atoms with Crippen molar-refractivity contribution in [1.82, 2.24) is 19.6 Å². The highest BCUT2D eigenvalue weighted by molar-refractivity contribution is 6.30. The van der Waals surface area contributed by atoms with Gasteiger partial charge in [-0.1, -0.05) is 11.6 Å². The van der Waals surface area contributed by atoms with Gasteiger partial charge in [0.2, 0.25) is 0 Å². The topological polar surface area (TPSA) is 67.7 Å². The number of aryl methyl sites for hydroxylation is 1. The van der Waals surface area contributed by atoms with E-state index >= 15 is 0 Å². The second-order valence-corrected chi connectivity index (χ2v) is 11.2. The Labute approximate surface area is 206 Å². The van der Waals surface area contributed by atoms with Gasteiger partial charge in [0.1, 0.15) is 11.3 Å². The number of likely N-dealkylation sites (tertiary alicyclic amines) is 1. The highest BCUT2D eigenvalue weighted by atomic mass is 35.5. The van der Waals surface area contributed by atoms with Gasteiger partial charge in [0.05, 0.1) is 11.7 Å². The van der Waals surface area contributed by atoms with E-state index in [1.54, 1.807) is 4.68 Å². The van der Waals surface area contributed by atoms with Crippen molar-refractivity contribution in [3.63, 3.8) is 0 Å². The Morgan fingerprint density at radius 2 is 1.88 bits per heavy atom. The monoisotopic (exact) mass is 484 g/mol. The van der Waals surface area contributed by atoms with Crippen LogP contribution in [0.5, 0.6) is 0 Å². The smallest absolute Gasteiger partial charge is 0.410 e. The number of fused-ring (bicyclic) bond motifs is 1. The average Bonchev–Trinajstić information content (AvgIpc) is 3.36. The highest BCUT2D eigenvalue weighted by Gasteiger charge is 2.37. The average molecular weight is 485 g/mol. The summed E-state index contributed by atoms with van der Waals surface area (Å²) in [5.41, 5.74) is 4.41. The third-order valence-electron chi connectivity index (χ3n) is 6.98. The molecule has 2 aliphatic heterocycles. The lowest BCUT2D eigenvalue weighted by Crippen LogP contribution is -2.39. The molecule has 2 amide bonds. The van der Waals surface area contributed by atoms with Crippen molar-refractivity contribution >= 4 is 23.6 Å². The van der Waals surface area contributed by atoms with Gasteiger partial charge in [-0.05, 0) is 87.8 Å². The van der Waals surface area contributed by atoms with Crippen molar-refractivity contribution < 1.29 is 14.3 Å². The maximum atomic E-state index is 13.5. The predicted octanol–water partition coefficient (Wildman–Crippen LogP) is 5.22. The number of nitrogens with zero attached hydrogens (tertiary/aromatic N) is 4. The molecule has 3 heterocycles. The second-order valence-electron chi connectivity index (χ2n) is 10.8. The predicted molar refractivity (Wildman–Crippen MR) is 130 cm³/mol. The van der Waals surface area contributed by atoms with Crippen molar-refractivity contribution in [3.05, 3.63) is 51.3 Å². The molecule has 3 aliphatic rings. The minimum atomic E-state index is -0.552. The Morgan fingerprint density at radius 3 is 2.59 bits per heavy atom. The molecule has 0 radical (unpaired) electrons. The summed E-state index contributed by atoms with van der Waals surface area (Å²) in [5.74, 6) is 0.508. The van der Waals surface area contributed by atoms with Gasteiger partial charge >= 0.3 is 6.09 Å². The standard InChI is InChI=1S/C26H33ClN4O3/c1-26(2,3)34-25(33)31-10-5-6-22(31)19-13-18(27)12-17-9-11-30(15-20(17)19)24(32)23-14-21(16-7-8-16)28-29(23)4/h12-14,16,22H,5-11,15H2,1-4H3. The van der Waals surface area contributed by atoms with E-state index < -0.39 is 5.60 Å². The zero-order valence-corrected chi connectivity index (χ0v) is 21.2. The van der Waals surface area contributed by atoms with Crippen LogP contribution >= 0.6 is 11.6 Å². The number of carbonyl (C=O) groups excluding carboxylic acids is 2. The molecule has 5 rings (SSSR count). The van der Waals surface area contributed by atoms with E-state index in [1.165, 1.54) is 0 Å². The van der Waals surface area contributed by atoms with Gasteiger partial charge in [-0.2, -0.15) is 5.10 Å². The summed E-state index contributed by atoms with van der Waals surface area (Å²) in [5, 5.41) is 5.25. The molecule has 0 bridgehead atoms.